The maximum Gasteiger partial charge on any atom is 0.303 e. The molecule has 0 N–H and O–H groups in total. The number of hydrogen-bond donors (Lipinski definition) is 0. The van der Waals surface area contributed by atoms with Crippen molar-refractivity contribution >= 4 is 15.8 Å². The van der Waals surface area contributed by atoms with Crippen molar-refractivity contribution in [3.8, 4) is 0 Å². The van der Waals surface area contributed by atoms with Gasteiger partial charge in [0.15, 0.2) is 5.94 Å². The Morgan fingerprint density at radius 1 is 1.70 bits per heavy atom. The maximum absolute atomic E-state index is 10.5. The molecule has 0 radical (unpaired) electrons. The molecule has 10 heavy (non-hydrogen) atoms. The average molecular weight is 164 g/mol. The molecule has 0 aliphatic heterocycles. The van der Waals surface area contributed by atoms with Gasteiger partial charge in [0, 0.05) is 12.3 Å². The number of hydrogen-bond acceptors (Lipinski definition) is 4. The van der Waals surface area contributed by atoms with Gasteiger partial charge in [-0.2, -0.15) is 0 Å². The molecule has 0 heterocycles. The molecule has 0 spiro atoms. The normalized spacial score (nSPS) is 10.5. The van der Waals surface area contributed by atoms with Crippen LogP contribution >= 0.6 is 0 Å². The van der Waals surface area contributed by atoms with E-state index in [0.717, 1.165) is 12.3 Å². The smallest absolute Gasteiger partial charge is 0.303 e. The minimum atomic E-state index is -3.39. The van der Waals surface area contributed by atoms with Crippen molar-refractivity contribution < 1.29 is 17.9 Å². The summed E-state index contributed by atoms with van der Waals surface area (Å²) in [5, 5.41) is 0.746. The van der Waals surface area contributed by atoms with Crippen molar-refractivity contribution in [2.75, 3.05) is 5.94 Å². The first-order chi connectivity index (χ1) is 4.48. The van der Waals surface area contributed by atoms with Gasteiger partial charge in [-0.1, -0.05) is 6.58 Å². The first kappa shape index (κ1) is 9.16. The molecule has 0 aromatic carbocycles. The molecule has 0 aromatic rings. The number of rotatable bonds is 3. The summed E-state index contributed by atoms with van der Waals surface area (Å²) in [5.41, 5.74) is 0. The molecule has 0 aliphatic rings. The van der Waals surface area contributed by atoms with E-state index in [1.165, 1.54) is 0 Å². The van der Waals surface area contributed by atoms with Crippen LogP contribution in [0.5, 0.6) is 0 Å². The molecule has 58 valence electrons. The molecule has 0 atom stereocenters. The molecular formula is C5H8O4S. The van der Waals surface area contributed by atoms with Gasteiger partial charge in [-0.3, -0.25) is 4.79 Å². The second-order valence-electron chi connectivity index (χ2n) is 1.58. The molecule has 0 aliphatic carbocycles. The predicted octanol–water partition coefficient (Wildman–Crippen LogP) is 0.0653. The molecule has 0 saturated heterocycles. The molecule has 0 amide bonds. The Labute approximate surface area is 59.4 Å². The van der Waals surface area contributed by atoms with E-state index in [2.05, 4.69) is 11.3 Å². The minimum Gasteiger partial charge on any atom is -0.449 e. The van der Waals surface area contributed by atoms with Gasteiger partial charge in [0.05, 0.1) is 0 Å². The van der Waals surface area contributed by atoms with Gasteiger partial charge in [0.2, 0.25) is 9.84 Å². The third kappa shape index (κ3) is 4.08. The van der Waals surface area contributed by atoms with E-state index in [1.54, 1.807) is 0 Å². The summed E-state index contributed by atoms with van der Waals surface area (Å²) in [5.74, 6) is -1.24. The summed E-state index contributed by atoms with van der Waals surface area (Å²) in [4.78, 5) is 10.1. The molecule has 0 saturated carbocycles. The predicted molar refractivity (Wildman–Crippen MR) is 35.7 cm³/mol. The van der Waals surface area contributed by atoms with Gasteiger partial charge in [-0.25, -0.2) is 8.42 Å². The van der Waals surface area contributed by atoms with Crippen molar-refractivity contribution in [2.45, 2.75) is 6.92 Å². The SMILES string of the molecule is C=CS(=O)(=O)COC(C)=O. The molecule has 0 bridgehead atoms. The summed E-state index contributed by atoms with van der Waals surface area (Å²) in [6.45, 7) is 4.17. The summed E-state index contributed by atoms with van der Waals surface area (Å²) in [6, 6.07) is 0. The van der Waals surface area contributed by atoms with Crippen LogP contribution in [0.1, 0.15) is 6.92 Å². The van der Waals surface area contributed by atoms with Crippen LogP contribution in [0.25, 0.3) is 0 Å². The van der Waals surface area contributed by atoms with Crippen LogP contribution in [0.2, 0.25) is 0 Å². The van der Waals surface area contributed by atoms with Gasteiger partial charge in [0.25, 0.3) is 0 Å². The third-order valence-electron chi connectivity index (χ3n) is 0.680. The van der Waals surface area contributed by atoms with E-state index in [4.69, 9.17) is 0 Å². The largest absolute Gasteiger partial charge is 0.449 e. The molecule has 0 rings (SSSR count). The van der Waals surface area contributed by atoms with E-state index in [0.29, 0.717) is 0 Å². The van der Waals surface area contributed by atoms with Gasteiger partial charge in [0.1, 0.15) is 0 Å². The Morgan fingerprint density at radius 2 is 2.20 bits per heavy atom. The Hall–Kier alpha value is -0.840. The fraction of sp³-hybridized carbons (Fsp3) is 0.400. The molecular weight excluding hydrogens is 156 g/mol. The van der Waals surface area contributed by atoms with E-state index >= 15 is 0 Å². The van der Waals surface area contributed by atoms with Crippen LogP contribution in [0.4, 0.5) is 0 Å². The monoisotopic (exact) mass is 164 g/mol. The number of carbonyl (C=O) groups excluding carboxylic acids is 1. The quantitative estimate of drug-likeness (QED) is 0.553. The van der Waals surface area contributed by atoms with Crippen LogP contribution in [0.15, 0.2) is 12.0 Å². The lowest BCUT2D eigenvalue weighted by Gasteiger charge is -1.97. The van der Waals surface area contributed by atoms with Crippen LogP contribution in [0, 0.1) is 0 Å². The molecule has 0 fully saturated rings. The van der Waals surface area contributed by atoms with Crippen molar-refractivity contribution in [3.05, 3.63) is 12.0 Å². The lowest BCUT2D eigenvalue weighted by atomic mass is 10.8. The van der Waals surface area contributed by atoms with E-state index < -0.39 is 21.7 Å². The summed E-state index contributed by atoms with van der Waals surface area (Å²) in [7, 11) is -3.39. The van der Waals surface area contributed by atoms with Gasteiger partial charge in [-0.15, -0.1) is 0 Å². The highest BCUT2D eigenvalue weighted by molar-refractivity contribution is 7.94. The number of esters is 1. The first-order valence-corrected chi connectivity index (χ1v) is 4.18. The topological polar surface area (TPSA) is 60.4 Å². The fourth-order valence-electron chi connectivity index (χ4n) is 0.213. The lowest BCUT2D eigenvalue weighted by Crippen LogP contribution is -2.09. The molecule has 0 aromatic heterocycles. The summed E-state index contributed by atoms with van der Waals surface area (Å²) >= 11 is 0. The van der Waals surface area contributed by atoms with Crippen molar-refractivity contribution in [1.29, 1.82) is 0 Å². The van der Waals surface area contributed by atoms with Gasteiger partial charge in [-0.05, 0) is 0 Å². The van der Waals surface area contributed by atoms with E-state index in [1.807, 2.05) is 0 Å². The minimum absolute atomic E-state index is 0.619. The van der Waals surface area contributed by atoms with E-state index in [9.17, 15) is 13.2 Å². The second-order valence-corrected chi connectivity index (χ2v) is 3.48. The van der Waals surface area contributed by atoms with Gasteiger partial charge >= 0.3 is 5.97 Å². The summed E-state index contributed by atoms with van der Waals surface area (Å²) < 4.78 is 25.2. The van der Waals surface area contributed by atoms with Crippen LogP contribution in [-0.4, -0.2) is 20.3 Å². The van der Waals surface area contributed by atoms with Crippen LogP contribution in [0.3, 0.4) is 0 Å². The zero-order valence-corrected chi connectivity index (χ0v) is 6.35. The lowest BCUT2D eigenvalue weighted by molar-refractivity contribution is -0.138. The second kappa shape index (κ2) is 3.36. The number of ether oxygens (including phenoxy) is 1. The molecule has 5 heteroatoms. The number of carbonyl (C=O) groups is 1. The Balaban J connectivity index is 3.93. The Kier molecular flexibility index (Phi) is 3.08. The zero-order valence-electron chi connectivity index (χ0n) is 5.53. The average Bonchev–Trinajstić information content (AvgIpc) is 1.85. The first-order valence-electron chi connectivity index (χ1n) is 2.46. The van der Waals surface area contributed by atoms with Gasteiger partial charge < -0.3 is 4.74 Å². The molecule has 4 nitrogen and oxygen atoms in total. The number of sulfone groups is 1. The van der Waals surface area contributed by atoms with Crippen LogP contribution in [-0.2, 0) is 19.4 Å². The van der Waals surface area contributed by atoms with Crippen LogP contribution < -0.4 is 0 Å². The fourth-order valence-corrected chi connectivity index (χ4v) is 0.640. The third-order valence-corrected chi connectivity index (χ3v) is 1.63. The Morgan fingerprint density at radius 3 is 2.50 bits per heavy atom. The highest BCUT2D eigenvalue weighted by Gasteiger charge is 2.05. The maximum atomic E-state index is 10.5. The van der Waals surface area contributed by atoms with Crippen molar-refractivity contribution in [2.24, 2.45) is 0 Å². The van der Waals surface area contributed by atoms with E-state index in [-0.39, 0.29) is 0 Å². The standard InChI is InChI=1S/C5H8O4S/c1-3-10(7,8)4-9-5(2)6/h3H,1,4H2,2H3. The summed E-state index contributed by atoms with van der Waals surface area (Å²) in [6.07, 6.45) is 0. The van der Waals surface area contributed by atoms with Crippen molar-refractivity contribution in [3.63, 3.8) is 0 Å². The Bertz CT molecular complexity index is 226. The molecule has 0 unspecified atom stereocenters. The zero-order chi connectivity index (χ0) is 8.20. The highest BCUT2D eigenvalue weighted by atomic mass is 32.2. The highest BCUT2D eigenvalue weighted by Crippen LogP contribution is 1.91. The van der Waals surface area contributed by atoms with Crippen molar-refractivity contribution in [1.82, 2.24) is 0 Å².